The number of ketones is 1. The van der Waals surface area contributed by atoms with Crippen LogP contribution in [0.25, 0.3) is 0 Å². The number of carbonyl (C=O) groups excluding carboxylic acids is 1. The first-order valence-electron chi connectivity index (χ1n) is 6.53. The number of benzene rings is 1. The molecule has 0 aromatic heterocycles. The Morgan fingerprint density at radius 2 is 2.21 bits per heavy atom. The van der Waals surface area contributed by atoms with Crippen LogP contribution in [-0.2, 0) is 6.54 Å². The van der Waals surface area contributed by atoms with E-state index in [4.69, 9.17) is 0 Å². The number of Topliss-reactive ketones (excluding diaryl/α,β-unsaturated/α-hetero) is 1. The number of halogens is 1. The van der Waals surface area contributed by atoms with E-state index in [0.29, 0.717) is 12.1 Å². The number of aromatic hydroxyl groups is 1. The minimum Gasteiger partial charge on any atom is -0.507 e. The molecule has 0 radical (unpaired) electrons. The molecule has 2 N–H and O–H groups in total. The van der Waals surface area contributed by atoms with Gasteiger partial charge in [0.1, 0.15) is 11.6 Å². The third kappa shape index (κ3) is 3.52. The van der Waals surface area contributed by atoms with Crippen LogP contribution in [0, 0.1) is 5.82 Å². The topological polar surface area (TPSA) is 52.6 Å². The molecule has 5 heteroatoms. The van der Waals surface area contributed by atoms with Gasteiger partial charge in [0.05, 0.1) is 5.56 Å². The molecule has 1 aliphatic rings. The SMILES string of the molecule is CC(=O)c1cc(F)cc(CN2CCCNCC2)c1O. The van der Waals surface area contributed by atoms with Crippen LogP contribution in [0.2, 0.25) is 0 Å². The molecule has 1 saturated heterocycles. The lowest BCUT2D eigenvalue weighted by Crippen LogP contribution is -2.27. The zero-order valence-electron chi connectivity index (χ0n) is 11.1. The first kappa shape index (κ1) is 14.0. The Labute approximate surface area is 112 Å². The summed E-state index contributed by atoms with van der Waals surface area (Å²) >= 11 is 0. The average Bonchev–Trinajstić information content (AvgIpc) is 2.61. The second-order valence-electron chi connectivity index (χ2n) is 4.90. The van der Waals surface area contributed by atoms with E-state index in [2.05, 4.69) is 10.2 Å². The fraction of sp³-hybridized carbons (Fsp3) is 0.500. The molecule has 0 atom stereocenters. The largest absolute Gasteiger partial charge is 0.507 e. The lowest BCUT2D eigenvalue weighted by Gasteiger charge is -2.20. The summed E-state index contributed by atoms with van der Waals surface area (Å²) in [7, 11) is 0. The van der Waals surface area contributed by atoms with E-state index in [0.717, 1.165) is 38.7 Å². The maximum absolute atomic E-state index is 13.5. The van der Waals surface area contributed by atoms with Crippen molar-refractivity contribution in [2.75, 3.05) is 26.2 Å². The molecule has 0 saturated carbocycles. The zero-order valence-corrected chi connectivity index (χ0v) is 11.1. The molecule has 4 nitrogen and oxygen atoms in total. The second-order valence-corrected chi connectivity index (χ2v) is 4.90. The molecule has 1 aromatic rings. The predicted octanol–water partition coefficient (Wildman–Crippen LogP) is 1.53. The van der Waals surface area contributed by atoms with E-state index in [-0.39, 0.29) is 17.1 Å². The van der Waals surface area contributed by atoms with Crippen molar-refractivity contribution in [3.63, 3.8) is 0 Å². The van der Waals surface area contributed by atoms with Gasteiger partial charge in [0, 0.05) is 25.2 Å². The van der Waals surface area contributed by atoms with Crippen molar-refractivity contribution in [1.82, 2.24) is 10.2 Å². The smallest absolute Gasteiger partial charge is 0.163 e. The van der Waals surface area contributed by atoms with Crippen LogP contribution < -0.4 is 5.32 Å². The van der Waals surface area contributed by atoms with E-state index >= 15 is 0 Å². The minimum absolute atomic E-state index is 0.0583. The number of hydrogen-bond acceptors (Lipinski definition) is 4. The van der Waals surface area contributed by atoms with E-state index in [1.54, 1.807) is 0 Å². The molecule has 0 spiro atoms. The Balaban J connectivity index is 2.21. The lowest BCUT2D eigenvalue weighted by atomic mass is 10.0. The van der Waals surface area contributed by atoms with Crippen LogP contribution in [0.3, 0.4) is 0 Å². The average molecular weight is 266 g/mol. The lowest BCUT2D eigenvalue weighted by molar-refractivity contribution is 0.101. The molecule has 1 aromatic carbocycles. The molecule has 2 rings (SSSR count). The van der Waals surface area contributed by atoms with Gasteiger partial charge >= 0.3 is 0 Å². The molecule has 104 valence electrons. The van der Waals surface area contributed by atoms with E-state index < -0.39 is 5.82 Å². The zero-order chi connectivity index (χ0) is 13.8. The predicted molar refractivity (Wildman–Crippen MR) is 70.8 cm³/mol. The monoisotopic (exact) mass is 266 g/mol. The van der Waals surface area contributed by atoms with Gasteiger partial charge in [-0.05, 0) is 38.6 Å². The highest BCUT2D eigenvalue weighted by Crippen LogP contribution is 2.26. The van der Waals surface area contributed by atoms with Crippen LogP contribution in [0.5, 0.6) is 5.75 Å². The Hall–Kier alpha value is -1.46. The molecule has 0 aliphatic carbocycles. The molecule has 1 fully saturated rings. The van der Waals surface area contributed by atoms with Gasteiger partial charge in [-0.25, -0.2) is 4.39 Å². The van der Waals surface area contributed by atoms with Crippen molar-refractivity contribution in [3.05, 3.63) is 29.1 Å². The minimum atomic E-state index is -0.481. The first-order chi connectivity index (χ1) is 9.08. The van der Waals surface area contributed by atoms with E-state index in [1.807, 2.05) is 0 Å². The van der Waals surface area contributed by atoms with Crippen molar-refractivity contribution >= 4 is 5.78 Å². The summed E-state index contributed by atoms with van der Waals surface area (Å²) in [6, 6.07) is 2.39. The van der Waals surface area contributed by atoms with Crippen molar-refractivity contribution in [2.24, 2.45) is 0 Å². The maximum Gasteiger partial charge on any atom is 0.163 e. The summed E-state index contributed by atoms with van der Waals surface area (Å²) in [4.78, 5) is 13.5. The molecular formula is C14H19FN2O2. The van der Waals surface area contributed by atoms with Gasteiger partial charge in [0.15, 0.2) is 5.78 Å². The van der Waals surface area contributed by atoms with Crippen LogP contribution in [0.1, 0.15) is 29.3 Å². The van der Waals surface area contributed by atoms with Crippen molar-refractivity contribution < 1.29 is 14.3 Å². The van der Waals surface area contributed by atoms with Crippen molar-refractivity contribution in [3.8, 4) is 5.75 Å². The first-order valence-corrected chi connectivity index (χ1v) is 6.53. The summed E-state index contributed by atoms with van der Waals surface area (Å²) in [6.45, 7) is 5.41. The fourth-order valence-electron chi connectivity index (χ4n) is 2.35. The molecule has 1 heterocycles. The van der Waals surface area contributed by atoms with Gasteiger partial charge in [0.2, 0.25) is 0 Å². The number of hydrogen-bond donors (Lipinski definition) is 2. The highest BCUT2D eigenvalue weighted by Gasteiger charge is 2.16. The Morgan fingerprint density at radius 3 is 2.95 bits per heavy atom. The number of phenols is 1. The highest BCUT2D eigenvalue weighted by atomic mass is 19.1. The van der Waals surface area contributed by atoms with Gasteiger partial charge in [-0.1, -0.05) is 0 Å². The van der Waals surface area contributed by atoms with Crippen LogP contribution >= 0.6 is 0 Å². The standard InChI is InChI=1S/C14H19FN2O2/c1-10(18)13-8-12(15)7-11(14(13)19)9-17-5-2-3-16-4-6-17/h7-8,16,19H,2-6,9H2,1H3. The number of nitrogens with zero attached hydrogens (tertiary/aromatic N) is 1. The van der Waals surface area contributed by atoms with Crippen molar-refractivity contribution in [1.29, 1.82) is 0 Å². The van der Waals surface area contributed by atoms with Gasteiger partial charge in [-0.2, -0.15) is 0 Å². The molecule has 0 amide bonds. The summed E-state index contributed by atoms with van der Waals surface area (Å²) in [5.41, 5.74) is 0.537. The summed E-state index contributed by atoms with van der Waals surface area (Å²) in [5.74, 6) is -0.896. The molecule has 1 aliphatic heterocycles. The third-order valence-electron chi connectivity index (χ3n) is 3.36. The fourth-order valence-corrected chi connectivity index (χ4v) is 2.35. The number of rotatable bonds is 3. The van der Waals surface area contributed by atoms with E-state index in [9.17, 15) is 14.3 Å². The summed E-state index contributed by atoms with van der Waals surface area (Å²) in [6.07, 6.45) is 1.02. The normalized spacial score (nSPS) is 17.2. The second kappa shape index (κ2) is 6.12. The quantitative estimate of drug-likeness (QED) is 0.815. The van der Waals surface area contributed by atoms with E-state index in [1.165, 1.54) is 13.0 Å². The van der Waals surface area contributed by atoms with Crippen LogP contribution in [-0.4, -0.2) is 42.0 Å². The molecule has 0 unspecified atom stereocenters. The van der Waals surface area contributed by atoms with Gasteiger partial charge in [0.25, 0.3) is 0 Å². The van der Waals surface area contributed by atoms with Gasteiger partial charge < -0.3 is 10.4 Å². The third-order valence-corrected chi connectivity index (χ3v) is 3.36. The van der Waals surface area contributed by atoms with Crippen LogP contribution in [0.15, 0.2) is 12.1 Å². The van der Waals surface area contributed by atoms with Crippen molar-refractivity contribution in [2.45, 2.75) is 19.9 Å². The van der Waals surface area contributed by atoms with Crippen LogP contribution in [0.4, 0.5) is 4.39 Å². The highest BCUT2D eigenvalue weighted by molar-refractivity contribution is 5.97. The summed E-state index contributed by atoms with van der Waals surface area (Å²) < 4.78 is 13.5. The van der Waals surface area contributed by atoms with Gasteiger partial charge in [-0.15, -0.1) is 0 Å². The molecule has 19 heavy (non-hydrogen) atoms. The number of carbonyl (C=O) groups is 1. The summed E-state index contributed by atoms with van der Waals surface area (Å²) in [5, 5.41) is 13.3. The Morgan fingerprint density at radius 1 is 1.42 bits per heavy atom. The number of phenolic OH excluding ortho intramolecular Hbond substituents is 1. The molecular weight excluding hydrogens is 247 g/mol. The number of nitrogens with one attached hydrogen (secondary N) is 1. The Bertz CT molecular complexity index is 469. The molecule has 0 bridgehead atoms. The van der Waals surface area contributed by atoms with Gasteiger partial charge in [-0.3, -0.25) is 9.69 Å². The maximum atomic E-state index is 13.5. The Kier molecular flexibility index (Phi) is 4.50.